The molecule has 0 bridgehead atoms. The lowest BCUT2D eigenvalue weighted by Gasteiger charge is -2.34. The molecule has 3 unspecified atom stereocenters. The molecule has 0 aromatic rings. The zero-order valence-electron chi connectivity index (χ0n) is 12.2. The largest absolute Gasteiger partial charge is 0.368 e. The van der Waals surface area contributed by atoms with Crippen LogP contribution in [0.5, 0.6) is 0 Å². The second-order valence-electron chi connectivity index (χ2n) is 7.36. The summed E-state index contributed by atoms with van der Waals surface area (Å²) in [5.74, 6) is 0.889. The minimum absolute atomic E-state index is 0.0236. The molecule has 17 heavy (non-hydrogen) atoms. The third kappa shape index (κ3) is 3.23. The van der Waals surface area contributed by atoms with Gasteiger partial charge in [0.25, 0.3) is 0 Å². The van der Waals surface area contributed by atoms with Crippen molar-refractivity contribution >= 4 is 0 Å². The van der Waals surface area contributed by atoms with Crippen LogP contribution >= 0.6 is 0 Å². The Labute approximate surface area is 107 Å². The fourth-order valence-corrected chi connectivity index (χ4v) is 3.69. The molecule has 0 radical (unpaired) electrons. The molecule has 2 aliphatic rings. The van der Waals surface area contributed by atoms with Crippen LogP contribution in [-0.2, 0) is 4.74 Å². The van der Waals surface area contributed by atoms with Gasteiger partial charge in [0, 0.05) is 12.1 Å². The summed E-state index contributed by atoms with van der Waals surface area (Å²) in [6.45, 7) is 11.3. The third-order valence-electron chi connectivity index (χ3n) is 4.45. The Morgan fingerprint density at radius 3 is 2.35 bits per heavy atom. The summed E-state index contributed by atoms with van der Waals surface area (Å²) in [5, 5.41) is 3.87. The fraction of sp³-hybridized carbons (Fsp3) is 1.00. The van der Waals surface area contributed by atoms with E-state index in [0.717, 1.165) is 12.3 Å². The van der Waals surface area contributed by atoms with E-state index >= 15 is 0 Å². The van der Waals surface area contributed by atoms with Gasteiger partial charge in [-0.05, 0) is 52.9 Å². The highest BCUT2D eigenvalue weighted by Crippen LogP contribution is 2.38. The van der Waals surface area contributed by atoms with Crippen LogP contribution < -0.4 is 5.32 Å². The Kier molecular flexibility index (Phi) is 3.57. The number of hydrogen-bond donors (Lipinski definition) is 1. The summed E-state index contributed by atoms with van der Waals surface area (Å²) in [5.41, 5.74) is 0.00559. The average Bonchev–Trinajstić information content (AvgIpc) is 2.34. The highest BCUT2D eigenvalue weighted by Gasteiger charge is 2.46. The van der Waals surface area contributed by atoms with Crippen molar-refractivity contribution < 1.29 is 4.74 Å². The molecule has 2 nitrogen and oxygen atoms in total. The van der Waals surface area contributed by atoms with Crippen LogP contribution in [0.2, 0.25) is 0 Å². The first kappa shape index (κ1) is 13.4. The molecule has 0 spiro atoms. The highest BCUT2D eigenvalue weighted by molar-refractivity contribution is 5.00. The van der Waals surface area contributed by atoms with Crippen molar-refractivity contribution in [3.63, 3.8) is 0 Å². The Bertz CT molecular complexity index is 272. The summed E-state index contributed by atoms with van der Waals surface area (Å²) in [6, 6.07) is 1.22. The van der Waals surface area contributed by atoms with Gasteiger partial charge in [-0.1, -0.05) is 19.8 Å². The molecular weight excluding hydrogens is 210 g/mol. The van der Waals surface area contributed by atoms with Crippen molar-refractivity contribution in [2.75, 3.05) is 0 Å². The number of nitrogens with one attached hydrogen (secondary N) is 1. The molecule has 1 aliphatic heterocycles. The van der Waals surface area contributed by atoms with Gasteiger partial charge in [0.15, 0.2) is 0 Å². The lowest BCUT2D eigenvalue weighted by molar-refractivity contribution is -0.0708. The van der Waals surface area contributed by atoms with E-state index in [1.54, 1.807) is 0 Å². The molecule has 2 fully saturated rings. The van der Waals surface area contributed by atoms with E-state index in [-0.39, 0.29) is 11.2 Å². The van der Waals surface area contributed by atoms with E-state index in [0.29, 0.717) is 12.1 Å². The lowest BCUT2D eigenvalue weighted by atomic mass is 9.85. The monoisotopic (exact) mass is 239 g/mol. The van der Waals surface area contributed by atoms with Crippen molar-refractivity contribution in [3.8, 4) is 0 Å². The van der Waals surface area contributed by atoms with Gasteiger partial charge in [-0.2, -0.15) is 0 Å². The summed E-state index contributed by atoms with van der Waals surface area (Å²) in [7, 11) is 0. The average molecular weight is 239 g/mol. The normalized spacial score (nSPS) is 40.4. The van der Waals surface area contributed by atoms with E-state index in [1.165, 1.54) is 25.7 Å². The van der Waals surface area contributed by atoms with Gasteiger partial charge < -0.3 is 10.1 Å². The van der Waals surface area contributed by atoms with Crippen molar-refractivity contribution in [3.05, 3.63) is 0 Å². The molecule has 100 valence electrons. The van der Waals surface area contributed by atoms with Crippen LogP contribution in [0.15, 0.2) is 0 Å². The molecule has 3 atom stereocenters. The lowest BCUT2D eigenvalue weighted by Crippen LogP contribution is -2.49. The molecule has 1 N–H and O–H groups in total. The summed E-state index contributed by atoms with van der Waals surface area (Å²) < 4.78 is 6.15. The molecule has 1 aliphatic carbocycles. The van der Waals surface area contributed by atoms with Gasteiger partial charge in [0.1, 0.15) is 0 Å². The van der Waals surface area contributed by atoms with Crippen molar-refractivity contribution in [1.29, 1.82) is 0 Å². The molecule has 2 rings (SSSR count). The van der Waals surface area contributed by atoms with Gasteiger partial charge >= 0.3 is 0 Å². The van der Waals surface area contributed by atoms with Crippen LogP contribution in [0.1, 0.15) is 66.7 Å². The second-order valence-corrected chi connectivity index (χ2v) is 7.36. The van der Waals surface area contributed by atoms with Crippen LogP contribution in [0, 0.1) is 5.92 Å². The Morgan fingerprint density at radius 1 is 1.12 bits per heavy atom. The molecule has 1 saturated carbocycles. The van der Waals surface area contributed by atoms with Crippen LogP contribution in [-0.4, -0.2) is 23.3 Å². The van der Waals surface area contributed by atoms with Crippen molar-refractivity contribution in [2.45, 2.75) is 90.0 Å². The second kappa shape index (κ2) is 4.55. The first-order valence-electron chi connectivity index (χ1n) is 7.25. The summed E-state index contributed by atoms with van der Waals surface area (Å²) in [6.07, 6.45) is 6.61. The number of hydrogen-bond acceptors (Lipinski definition) is 2. The topological polar surface area (TPSA) is 21.3 Å². The van der Waals surface area contributed by atoms with Gasteiger partial charge in [-0.25, -0.2) is 0 Å². The van der Waals surface area contributed by atoms with E-state index in [2.05, 4.69) is 39.9 Å². The minimum atomic E-state index is -0.0236. The molecule has 1 saturated heterocycles. The molecule has 1 heterocycles. The Hall–Kier alpha value is -0.0800. The van der Waals surface area contributed by atoms with Crippen LogP contribution in [0.3, 0.4) is 0 Å². The predicted octanol–water partition coefficient (Wildman–Crippen LogP) is 3.50. The molecular formula is C15H29NO. The third-order valence-corrected chi connectivity index (χ3v) is 4.45. The fourth-order valence-electron chi connectivity index (χ4n) is 3.69. The maximum absolute atomic E-state index is 6.15. The summed E-state index contributed by atoms with van der Waals surface area (Å²) in [4.78, 5) is 0. The van der Waals surface area contributed by atoms with Gasteiger partial charge in [-0.3, -0.25) is 0 Å². The maximum Gasteiger partial charge on any atom is 0.0787 e. The smallest absolute Gasteiger partial charge is 0.0787 e. The van der Waals surface area contributed by atoms with Crippen molar-refractivity contribution in [2.24, 2.45) is 5.92 Å². The van der Waals surface area contributed by atoms with E-state index in [1.807, 2.05) is 0 Å². The van der Waals surface area contributed by atoms with Crippen molar-refractivity contribution in [1.82, 2.24) is 5.32 Å². The number of ether oxygens (including phenoxy) is 1. The molecule has 0 aromatic carbocycles. The first-order valence-corrected chi connectivity index (χ1v) is 7.25. The van der Waals surface area contributed by atoms with Crippen LogP contribution in [0.4, 0.5) is 0 Å². The maximum atomic E-state index is 6.15. The quantitative estimate of drug-likeness (QED) is 0.796. The van der Waals surface area contributed by atoms with Gasteiger partial charge in [-0.15, -0.1) is 0 Å². The van der Waals surface area contributed by atoms with Gasteiger partial charge in [0.05, 0.1) is 11.2 Å². The number of rotatable bonds is 2. The first-order chi connectivity index (χ1) is 7.78. The Balaban J connectivity index is 1.94. The predicted molar refractivity (Wildman–Crippen MR) is 72.2 cm³/mol. The summed E-state index contributed by atoms with van der Waals surface area (Å²) >= 11 is 0. The SMILES string of the molecule is CC1CCCC(NC2CC(C)(C)OC2(C)C)C1. The zero-order chi connectivity index (χ0) is 12.7. The molecule has 2 heteroatoms. The zero-order valence-corrected chi connectivity index (χ0v) is 12.2. The van der Waals surface area contributed by atoms with E-state index < -0.39 is 0 Å². The van der Waals surface area contributed by atoms with Gasteiger partial charge in [0.2, 0.25) is 0 Å². The minimum Gasteiger partial charge on any atom is -0.368 e. The molecule has 0 aromatic heterocycles. The van der Waals surface area contributed by atoms with Crippen LogP contribution in [0.25, 0.3) is 0 Å². The van der Waals surface area contributed by atoms with E-state index in [9.17, 15) is 0 Å². The Morgan fingerprint density at radius 2 is 1.82 bits per heavy atom. The van der Waals surface area contributed by atoms with E-state index in [4.69, 9.17) is 4.74 Å². The molecule has 0 amide bonds. The highest BCUT2D eigenvalue weighted by atomic mass is 16.5. The standard InChI is InChI=1S/C15H29NO/c1-11-7-6-8-12(9-11)16-13-10-14(2,3)17-15(13,4)5/h11-13,16H,6-10H2,1-5H3.